The number of unbranched alkanes of at least 4 members (excludes halogenated alkanes) is 5. The van der Waals surface area contributed by atoms with Gasteiger partial charge in [0.05, 0.1) is 0 Å². The second-order valence-electron chi connectivity index (χ2n) is 7.37. The number of carboxylic acids is 1. The Morgan fingerprint density at radius 3 is 1.87 bits per heavy atom. The number of aliphatic carboxylic acids is 1. The van der Waals surface area contributed by atoms with Gasteiger partial charge in [0.25, 0.3) is 0 Å². The minimum Gasteiger partial charge on any atom is -0.550 e. The van der Waals surface area contributed by atoms with Gasteiger partial charge in [-0.3, -0.25) is 0 Å². The van der Waals surface area contributed by atoms with Crippen molar-refractivity contribution in [2.75, 3.05) is 0 Å². The zero-order valence-corrected chi connectivity index (χ0v) is 18.0. The third-order valence-electron chi connectivity index (χ3n) is 4.77. The smallest absolute Gasteiger partial charge is 0.159 e. The molecule has 0 unspecified atom stereocenters. The van der Waals surface area contributed by atoms with Crippen LogP contribution in [0.5, 0.6) is 0 Å². The summed E-state index contributed by atoms with van der Waals surface area (Å²) in [6, 6.07) is 18.9. The Morgan fingerprint density at radius 2 is 1.27 bits per heavy atom. The summed E-state index contributed by atoms with van der Waals surface area (Å²) in [7, 11) is 0. The van der Waals surface area contributed by atoms with Crippen LogP contribution >= 0.6 is 0 Å². The Morgan fingerprint density at radius 1 is 0.767 bits per heavy atom. The fourth-order valence-corrected chi connectivity index (χ4v) is 3.18. The van der Waals surface area contributed by atoms with Gasteiger partial charge in [-0.05, 0) is 36.5 Å². The molecule has 0 saturated carbocycles. The van der Waals surface area contributed by atoms with Gasteiger partial charge in [0.15, 0.2) is 5.82 Å². The van der Waals surface area contributed by atoms with E-state index in [-0.39, 0.29) is 0 Å². The lowest BCUT2D eigenvalue weighted by atomic mass is 10.0. The molecule has 30 heavy (non-hydrogen) atoms. The first kappa shape index (κ1) is 23.3. The fraction of sp³-hybridized carbons (Fsp3) is 0.346. The van der Waals surface area contributed by atoms with Crippen LogP contribution in [0.15, 0.2) is 67.0 Å². The van der Waals surface area contributed by atoms with Gasteiger partial charge in [-0.2, -0.15) is 0 Å². The van der Waals surface area contributed by atoms with Crippen molar-refractivity contribution in [1.29, 1.82) is 0 Å². The van der Waals surface area contributed by atoms with E-state index < -0.39 is 5.97 Å². The Hall–Kier alpha value is -3.01. The summed E-state index contributed by atoms with van der Waals surface area (Å²) in [6.07, 6.45) is 13.0. The van der Waals surface area contributed by atoms with Gasteiger partial charge in [-0.25, -0.2) is 9.97 Å². The lowest BCUT2D eigenvalue weighted by Gasteiger charge is -2.05. The van der Waals surface area contributed by atoms with E-state index >= 15 is 0 Å². The number of nitrogens with zero attached hydrogens (tertiary/aromatic N) is 2. The molecule has 4 nitrogen and oxygen atoms in total. The molecular weight excluding hydrogens is 372 g/mol. The maximum absolute atomic E-state index is 8.89. The summed E-state index contributed by atoms with van der Waals surface area (Å²) >= 11 is 0. The predicted octanol–water partition coefficient (Wildman–Crippen LogP) is 5.47. The van der Waals surface area contributed by atoms with E-state index in [1.807, 2.05) is 18.5 Å². The predicted molar refractivity (Wildman–Crippen MR) is 121 cm³/mol. The number of aryl methyl sites for hydroxylation is 1. The van der Waals surface area contributed by atoms with Gasteiger partial charge in [0, 0.05) is 23.9 Å². The van der Waals surface area contributed by atoms with Crippen LogP contribution in [-0.2, 0) is 11.2 Å². The van der Waals surface area contributed by atoms with Crippen molar-refractivity contribution in [3.8, 4) is 22.5 Å². The molecule has 0 aliphatic rings. The number of aromatic nitrogens is 2. The normalized spacial score (nSPS) is 10.2. The van der Waals surface area contributed by atoms with Gasteiger partial charge in [0.1, 0.15) is 0 Å². The summed E-state index contributed by atoms with van der Waals surface area (Å²) in [6.45, 7) is 3.23. The zero-order valence-electron chi connectivity index (χ0n) is 18.0. The molecule has 0 aliphatic heterocycles. The highest BCUT2D eigenvalue weighted by Crippen LogP contribution is 2.22. The molecule has 0 N–H and O–H groups in total. The van der Waals surface area contributed by atoms with E-state index in [1.165, 1.54) is 55.2 Å². The van der Waals surface area contributed by atoms with E-state index in [2.05, 4.69) is 65.4 Å². The molecule has 0 amide bonds. The van der Waals surface area contributed by atoms with Crippen LogP contribution in [0, 0.1) is 0 Å². The lowest BCUT2D eigenvalue weighted by Crippen LogP contribution is -2.16. The van der Waals surface area contributed by atoms with Gasteiger partial charge in [0.2, 0.25) is 0 Å². The number of carboxylic acid groups (broad SMARTS) is 1. The van der Waals surface area contributed by atoms with Crippen LogP contribution in [0.3, 0.4) is 0 Å². The maximum Gasteiger partial charge on any atom is 0.159 e. The van der Waals surface area contributed by atoms with Crippen LogP contribution in [0.1, 0.15) is 57.9 Å². The minimum atomic E-state index is -1.08. The van der Waals surface area contributed by atoms with E-state index in [1.54, 1.807) is 0 Å². The standard InChI is InChI=1S/C24H28N2.C2H4O2/c1-2-3-4-5-6-8-11-20-18-25-24(26-19-20)23-16-14-22(15-17-23)21-12-9-7-10-13-21;1-2(3)4/h7,9-10,12-19H,2-6,8,11H2,1H3;1H3,(H,3,4)/p-1. The molecule has 3 rings (SSSR count). The third-order valence-corrected chi connectivity index (χ3v) is 4.77. The lowest BCUT2D eigenvalue weighted by molar-refractivity contribution is -0.302. The number of carbonyl (C=O) groups excluding carboxylic acids is 1. The van der Waals surface area contributed by atoms with Crippen molar-refractivity contribution < 1.29 is 9.90 Å². The maximum atomic E-state index is 8.89. The first-order valence-corrected chi connectivity index (χ1v) is 10.7. The second-order valence-corrected chi connectivity index (χ2v) is 7.37. The van der Waals surface area contributed by atoms with E-state index in [0.29, 0.717) is 0 Å². The summed E-state index contributed by atoms with van der Waals surface area (Å²) in [4.78, 5) is 18.0. The van der Waals surface area contributed by atoms with E-state index in [4.69, 9.17) is 9.90 Å². The molecule has 1 aromatic heterocycles. The number of hydrogen-bond donors (Lipinski definition) is 0. The average molecular weight is 404 g/mol. The highest BCUT2D eigenvalue weighted by molar-refractivity contribution is 5.67. The molecule has 2 aromatic carbocycles. The molecule has 3 aromatic rings. The van der Waals surface area contributed by atoms with Gasteiger partial charge in [-0.15, -0.1) is 0 Å². The monoisotopic (exact) mass is 403 g/mol. The van der Waals surface area contributed by atoms with Crippen LogP contribution < -0.4 is 5.11 Å². The molecule has 0 fully saturated rings. The summed E-state index contributed by atoms with van der Waals surface area (Å²) < 4.78 is 0. The Balaban J connectivity index is 0.000000735. The van der Waals surface area contributed by atoms with Crippen LogP contribution in [0.25, 0.3) is 22.5 Å². The Bertz CT molecular complexity index is 856. The van der Waals surface area contributed by atoms with Crippen molar-refractivity contribution in [2.24, 2.45) is 0 Å². The average Bonchev–Trinajstić information content (AvgIpc) is 2.77. The zero-order chi connectivity index (χ0) is 21.6. The quantitative estimate of drug-likeness (QED) is 0.444. The van der Waals surface area contributed by atoms with E-state index in [9.17, 15) is 0 Å². The fourth-order valence-electron chi connectivity index (χ4n) is 3.18. The molecule has 0 aliphatic carbocycles. The van der Waals surface area contributed by atoms with Gasteiger partial charge >= 0.3 is 0 Å². The molecular formula is C26H31N2O2-. The van der Waals surface area contributed by atoms with Crippen molar-refractivity contribution >= 4 is 5.97 Å². The highest BCUT2D eigenvalue weighted by atomic mass is 16.4. The first-order chi connectivity index (χ1) is 14.6. The Labute approximate surface area is 180 Å². The molecule has 0 spiro atoms. The van der Waals surface area contributed by atoms with E-state index in [0.717, 1.165) is 24.7 Å². The Kier molecular flexibility index (Phi) is 10.3. The van der Waals surface area contributed by atoms with Crippen molar-refractivity contribution in [1.82, 2.24) is 9.97 Å². The SMILES string of the molecule is CC(=O)[O-].CCCCCCCCc1cnc(-c2ccc(-c3ccccc3)cc2)nc1. The van der Waals surface area contributed by atoms with Crippen molar-refractivity contribution in [3.63, 3.8) is 0 Å². The molecule has 0 radical (unpaired) electrons. The van der Waals surface area contributed by atoms with Crippen LogP contribution in [0.2, 0.25) is 0 Å². The molecule has 0 saturated heterocycles. The number of benzene rings is 2. The molecule has 0 bridgehead atoms. The number of rotatable bonds is 9. The summed E-state index contributed by atoms with van der Waals surface area (Å²) in [5.41, 5.74) is 4.75. The van der Waals surface area contributed by atoms with Gasteiger partial charge < -0.3 is 9.90 Å². The van der Waals surface area contributed by atoms with Crippen molar-refractivity contribution in [3.05, 3.63) is 72.6 Å². The third kappa shape index (κ3) is 8.56. The highest BCUT2D eigenvalue weighted by Gasteiger charge is 2.03. The summed E-state index contributed by atoms with van der Waals surface area (Å²) in [5, 5.41) is 8.89. The van der Waals surface area contributed by atoms with Crippen LogP contribution in [0.4, 0.5) is 0 Å². The second kappa shape index (κ2) is 13.3. The molecule has 0 atom stereocenters. The molecule has 158 valence electrons. The van der Waals surface area contributed by atoms with Gasteiger partial charge in [-0.1, -0.05) is 93.6 Å². The van der Waals surface area contributed by atoms with Crippen molar-refractivity contribution in [2.45, 2.75) is 58.8 Å². The first-order valence-electron chi connectivity index (χ1n) is 10.7. The summed E-state index contributed by atoms with van der Waals surface area (Å²) in [5.74, 6) is -0.281. The molecule has 1 heterocycles. The van der Waals surface area contributed by atoms with Crippen LogP contribution in [-0.4, -0.2) is 15.9 Å². The topological polar surface area (TPSA) is 65.9 Å². The largest absolute Gasteiger partial charge is 0.550 e. The minimum absolute atomic E-state index is 0.802. The number of hydrogen-bond acceptors (Lipinski definition) is 4. The molecule has 4 heteroatoms. The number of carbonyl (C=O) groups is 1.